The molecule has 1 nitrogen and oxygen atoms in total. The van der Waals surface area contributed by atoms with Crippen LogP contribution >= 0.6 is 23.2 Å². The summed E-state index contributed by atoms with van der Waals surface area (Å²) in [7, 11) is 0. The standard InChI is InChI=1S/C22H17Cl2N/c23-18-10-4-9-17(21(18)24)22-16-8-3-7-15(16)20-14-6-2-1-5-13(14)11-12-19(20)25-22/h1-7,9-12,15-16,22,25H,8H2/t15-,16+,22+/m0/s1. The van der Waals surface area contributed by atoms with Gasteiger partial charge in [0.05, 0.1) is 16.1 Å². The van der Waals surface area contributed by atoms with E-state index >= 15 is 0 Å². The Bertz CT molecular complexity index is 1010. The Morgan fingerprint density at radius 1 is 0.920 bits per heavy atom. The minimum atomic E-state index is 0.167. The maximum absolute atomic E-state index is 6.55. The van der Waals surface area contributed by atoms with Gasteiger partial charge in [-0.15, -0.1) is 0 Å². The molecule has 0 fully saturated rings. The van der Waals surface area contributed by atoms with Crippen molar-refractivity contribution in [3.8, 4) is 0 Å². The number of benzene rings is 3. The van der Waals surface area contributed by atoms with Crippen LogP contribution in [0.4, 0.5) is 5.69 Å². The fourth-order valence-electron chi connectivity index (χ4n) is 4.45. The second-order valence-electron chi connectivity index (χ2n) is 6.87. The highest BCUT2D eigenvalue weighted by molar-refractivity contribution is 6.42. The summed E-state index contributed by atoms with van der Waals surface area (Å²) in [5.41, 5.74) is 3.70. The van der Waals surface area contributed by atoms with Crippen molar-refractivity contribution in [2.45, 2.75) is 18.4 Å². The molecule has 3 atom stereocenters. The van der Waals surface area contributed by atoms with Gasteiger partial charge in [0.15, 0.2) is 0 Å². The Labute approximate surface area is 157 Å². The molecule has 0 unspecified atom stereocenters. The van der Waals surface area contributed by atoms with Gasteiger partial charge in [-0.05, 0) is 46.4 Å². The highest BCUT2D eigenvalue weighted by atomic mass is 35.5. The van der Waals surface area contributed by atoms with Crippen molar-refractivity contribution in [2.75, 3.05) is 5.32 Å². The van der Waals surface area contributed by atoms with Crippen LogP contribution in [0.2, 0.25) is 10.0 Å². The number of halogens is 2. The molecule has 0 aromatic heterocycles. The van der Waals surface area contributed by atoms with Crippen LogP contribution in [0.3, 0.4) is 0 Å². The van der Waals surface area contributed by atoms with E-state index in [-0.39, 0.29) is 6.04 Å². The molecule has 1 N–H and O–H groups in total. The quantitative estimate of drug-likeness (QED) is 0.459. The van der Waals surface area contributed by atoms with Crippen LogP contribution in [0.25, 0.3) is 10.8 Å². The Morgan fingerprint density at radius 3 is 2.72 bits per heavy atom. The predicted octanol–water partition coefficient (Wildman–Crippen LogP) is 6.97. The van der Waals surface area contributed by atoms with Gasteiger partial charge in [0, 0.05) is 11.6 Å². The van der Waals surface area contributed by atoms with Gasteiger partial charge in [0.1, 0.15) is 0 Å². The van der Waals surface area contributed by atoms with E-state index in [1.165, 1.54) is 22.0 Å². The van der Waals surface area contributed by atoms with Gasteiger partial charge >= 0.3 is 0 Å². The predicted molar refractivity (Wildman–Crippen MR) is 107 cm³/mol. The summed E-state index contributed by atoms with van der Waals surface area (Å²) >= 11 is 12.8. The molecule has 25 heavy (non-hydrogen) atoms. The Balaban J connectivity index is 1.70. The molecule has 0 radical (unpaired) electrons. The van der Waals surface area contributed by atoms with Gasteiger partial charge < -0.3 is 5.32 Å². The molecule has 3 aromatic rings. The fraction of sp³-hybridized carbons (Fsp3) is 0.182. The lowest BCUT2D eigenvalue weighted by molar-refractivity contribution is 0.427. The second kappa shape index (κ2) is 5.79. The van der Waals surface area contributed by atoms with Crippen molar-refractivity contribution >= 4 is 39.7 Å². The monoisotopic (exact) mass is 365 g/mol. The van der Waals surface area contributed by atoms with E-state index in [0.29, 0.717) is 21.9 Å². The summed E-state index contributed by atoms with van der Waals surface area (Å²) in [6.07, 6.45) is 5.72. The minimum absolute atomic E-state index is 0.167. The van der Waals surface area contributed by atoms with E-state index in [4.69, 9.17) is 23.2 Å². The summed E-state index contributed by atoms with van der Waals surface area (Å²) in [6.45, 7) is 0. The third kappa shape index (κ3) is 2.30. The number of rotatable bonds is 1. The number of hydrogen-bond donors (Lipinski definition) is 1. The van der Waals surface area contributed by atoms with Crippen LogP contribution in [-0.4, -0.2) is 0 Å². The van der Waals surface area contributed by atoms with Crippen LogP contribution in [-0.2, 0) is 0 Å². The lowest BCUT2D eigenvalue weighted by Crippen LogP contribution is -2.29. The first kappa shape index (κ1) is 15.3. The van der Waals surface area contributed by atoms with Gasteiger partial charge in [0.2, 0.25) is 0 Å². The van der Waals surface area contributed by atoms with Gasteiger partial charge in [-0.3, -0.25) is 0 Å². The van der Waals surface area contributed by atoms with E-state index in [9.17, 15) is 0 Å². The van der Waals surface area contributed by atoms with Crippen LogP contribution in [0.1, 0.15) is 29.5 Å². The summed E-state index contributed by atoms with van der Waals surface area (Å²) < 4.78 is 0. The maximum Gasteiger partial charge on any atom is 0.0645 e. The van der Waals surface area contributed by atoms with E-state index in [0.717, 1.165) is 12.0 Å². The first-order chi connectivity index (χ1) is 12.2. The average molecular weight is 366 g/mol. The van der Waals surface area contributed by atoms with E-state index in [1.54, 1.807) is 0 Å². The smallest absolute Gasteiger partial charge is 0.0645 e. The molecule has 124 valence electrons. The SMILES string of the molecule is Clc1cccc([C@@H]2Nc3ccc4ccccc4c3[C@H]3C=CC[C@H]32)c1Cl. The number of nitrogens with one attached hydrogen (secondary N) is 1. The molecular formula is C22H17Cl2N. The number of hydrogen-bond acceptors (Lipinski definition) is 1. The van der Waals surface area contributed by atoms with Crippen LogP contribution in [0.5, 0.6) is 0 Å². The molecule has 5 rings (SSSR count). The molecule has 0 spiro atoms. The van der Waals surface area contributed by atoms with Crippen molar-refractivity contribution in [3.05, 3.63) is 87.9 Å². The first-order valence-electron chi connectivity index (χ1n) is 8.63. The maximum atomic E-state index is 6.55. The van der Waals surface area contributed by atoms with Crippen molar-refractivity contribution in [3.63, 3.8) is 0 Å². The first-order valence-corrected chi connectivity index (χ1v) is 9.38. The molecule has 3 heteroatoms. The van der Waals surface area contributed by atoms with E-state index in [2.05, 4.69) is 59.9 Å². The lowest BCUT2D eigenvalue weighted by Gasteiger charge is -2.38. The zero-order valence-corrected chi connectivity index (χ0v) is 15.1. The zero-order valence-electron chi connectivity index (χ0n) is 13.5. The zero-order chi connectivity index (χ0) is 17.0. The number of fused-ring (bicyclic) bond motifs is 5. The number of allylic oxidation sites excluding steroid dienone is 2. The molecule has 2 aliphatic rings. The van der Waals surface area contributed by atoms with Crippen molar-refractivity contribution in [2.24, 2.45) is 5.92 Å². The Kier molecular flexibility index (Phi) is 3.55. The largest absolute Gasteiger partial charge is 0.378 e. The molecular weight excluding hydrogens is 349 g/mol. The van der Waals surface area contributed by atoms with Gasteiger partial charge in [-0.2, -0.15) is 0 Å². The summed E-state index contributed by atoms with van der Waals surface area (Å²) in [5.74, 6) is 0.858. The fourth-order valence-corrected chi connectivity index (χ4v) is 4.87. The molecule has 0 amide bonds. The minimum Gasteiger partial charge on any atom is -0.378 e. The number of anilines is 1. The van der Waals surface area contributed by atoms with E-state index < -0.39 is 0 Å². The topological polar surface area (TPSA) is 12.0 Å². The molecule has 3 aromatic carbocycles. The molecule has 0 bridgehead atoms. The second-order valence-corrected chi connectivity index (χ2v) is 7.65. The molecule has 1 aliphatic heterocycles. The lowest BCUT2D eigenvalue weighted by atomic mass is 9.75. The summed E-state index contributed by atoms with van der Waals surface area (Å²) in [5, 5.41) is 7.67. The third-order valence-corrected chi connectivity index (χ3v) is 6.41. The van der Waals surface area contributed by atoms with Crippen molar-refractivity contribution < 1.29 is 0 Å². The highest BCUT2D eigenvalue weighted by Gasteiger charge is 2.39. The van der Waals surface area contributed by atoms with Crippen LogP contribution in [0, 0.1) is 5.92 Å². The molecule has 1 heterocycles. The van der Waals surface area contributed by atoms with Crippen LogP contribution < -0.4 is 5.32 Å². The highest BCUT2D eigenvalue weighted by Crippen LogP contribution is 2.52. The Hall–Kier alpha value is -1.96. The summed E-state index contributed by atoms with van der Waals surface area (Å²) in [4.78, 5) is 0. The average Bonchev–Trinajstić information content (AvgIpc) is 3.13. The Morgan fingerprint density at radius 2 is 1.80 bits per heavy atom. The van der Waals surface area contributed by atoms with Crippen LogP contribution in [0.15, 0.2) is 66.7 Å². The summed E-state index contributed by atoms with van der Waals surface area (Å²) in [6, 6.07) is 19.1. The molecule has 0 saturated heterocycles. The van der Waals surface area contributed by atoms with Gasteiger partial charge in [0.25, 0.3) is 0 Å². The molecule has 0 saturated carbocycles. The van der Waals surface area contributed by atoms with Gasteiger partial charge in [-0.1, -0.05) is 77.8 Å². The van der Waals surface area contributed by atoms with Crippen molar-refractivity contribution in [1.82, 2.24) is 0 Å². The molecule has 1 aliphatic carbocycles. The van der Waals surface area contributed by atoms with E-state index in [1.807, 2.05) is 12.1 Å². The third-order valence-electron chi connectivity index (χ3n) is 5.57. The van der Waals surface area contributed by atoms with Crippen molar-refractivity contribution in [1.29, 1.82) is 0 Å². The van der Waals surface area contributed by atoms with Gasteiger partial charge in [-0.25, -0.2) is 0 Å². The normalized spacial score (nSPS) is 24.0.